The average Bonchev–Trinajstić information content (AvgIpc) is 2.54. The molecule has 2 aromatic rings. The summed E-state index contributed by atoms with van der Waals surface area (Å²) in [7, 11) is 0. The molecule has 1 aromatic heterocycles. The second-order valence-electron chi connectivity index (χ2n) is 4.17. The van der Waals surface area contributed by atoms with Gasteiger partial charge in [0.25, 0.3) is 0 Å². The third kappa shape index (κ3) is 2.15. The lowest BCUT2D eigenvalue weighted by atomic mass is 10.2. The standard InChI is InChI=1S/C13H15BrN2O/c1-8-4-5-13(12(14)6-8)16-10(3)11(7-17)9(2)15-16/h4-6,17H,7H2,1-3H3. The highest BCUT2D eigenvalue weighted by atomic mass is 79.9. The van der Waals surface area contributed by atoms with Gasteiger partial charge in [-0.3, -0.25) is 0 Å². The van der Waals surface area contributed by atoms with E-state index in [4.69, 9.17) is 0 Å². The predicted molar refractivity (Wildman–Crippen MR) is 71.4 cm³/mol. The minimum atomic E-state index is 0.0289. The molecule has 0 aliphatic heterocycles. The molecule has 0 unspecified atom stereocenters. The highest BCUT2D eigenvalue weighted by Crippen LogP contribution is 2.25. The largest absolute Gasteiger partial charge is 0.392 e. The highest BCUT2D eigenvalue weighted by molar-refractivity contribution is 9.10. The molecule has 0 spiro atoms. The molecule has 0 saturated carbocycles. The summed E-state index contributed by atoms with van der Waals surface area (Å²) in [6.07, 6.45) is 0. The second kappa shape index (κ2) is 4.63. The number of halogens is 1. The number of hydrogen-bond donors (Lipinski definition) is 1. The molecule has 17 heavy (non-hydrogen) atoms. The van der Waals surface area contributed by atoms with E-state index in [1.165, 1.54) is 5.56 Å². The van der Waals surface area contributed by atoms with Crippen molar-refractivity contribution in [1.29, 1.82) is 0 Å². The SMILES string of the molecule is Cc1ccc(-n2nc(C)c(CO)c2C)c(Br)c1. The van der Waals surface area contributed by atoms with E-state index in [1.807, 2.05) is 24.6 Å². The third-order valence-electron chi connectivity index (χ3n) is 2.93. The fourth-order valence-electron chi connectivity index (χ4n) is 1.92. The Bertz CT molecular complexity index is 561. The van der Waals surface area contributed by atoms with Gasteiger partial charge in [-0.05, 0) is 54.4 Å². The van der Waals surface area contributed by atoms with Crippen LogP contribution in [0, 0.1) is 20.8 Å². The van der Waals surface area contributed by atoms with Gasteiger partial charge in [-0.25, -0.2) is 4.68 Å². The van der Waals surface area contributed by atoms with Crippen LogP contribution in [-0.2, 0) is 6.61 Å². The van der Waals surface area contributed by atoms with Crippen LogP contribution in [0.25, 0.3) is 5.69 Å². The first-order valence-electron chi connectivity index (χ1n) is 5.47. The predicted octanol–water partition coefficient (Wildman–Crippen LogP) is 3.05. The van der Waals surface area contributed by atoms with E-state index in [-0.39, 0.29) is 6.61 Å². The van der Waals surface area contributed by atoms with Crippen LogP contribution in [0.1, 0.15) is 22.5 Å². The van der Waals surface area contributed by atoms with Gasteiger partial charge in [0.15, 0.2) is 0 Å². The van der Waals surface area contributed by atoms with E-state index in [1.54, 1.807) is 0 Å². The Morgan fingerprint density at radius 3 is 2.53 bits per heavy atom. The summed E-state index contributed by atoms with van der Waals surface area (Å²) >= 11 is 3.55. The van der Waals surface area contributed by atoms with Crippen LogP contribution in [0.3, 0.4) is 0 Å². The molecule has 0 radical (unpaired) electrons. The maximum absolute atomic E-state index is 9.31. The van der Waals surface area contributed by atoms with Gasteiger partial charge in [0.1, 0.15) is 0 Å². The van der Waals surface area contributed by atoms with Gasteiger partial charge in [-0.1, -0.05) is 6.07 Å². The van der Waals surface area contributed by atoms with E-state index in [0.717, 1.165) is 27.1 Å². The van der Waals surface area contributed by atoms with E-state index in [0.29, 0.717) is 0 Å². The summed E-state index contributed by atoms with van der Waals surface area (Å²) in [5.41, 5.74) is 4.95. The van der Waals surface area contributed by atoms with Crippen molar-refractivity contribution < 1.29 is 5.11 Å². The molecule has 1 aromatic carbocycles. The van der Waals surface area contributed by atoms with Crippen molar-refractivity contribution in [2.45, 2.75) is 27.4 Å². The van der Waals surface area contributed by atoms with Crippen molar-refractivity contribution in [3.63, 3.8) is 0 Å². The molecule has 4 heteroatoms. The Labute approximate surface area is 109 Å². The van der Waals surface area contributed by atoms with Crippen LogP contribution in [0.5, 0.6) is 0 Å². The zero-order valence-corrected chi connectivity index (χ0v) is 11.7. The maximum atomic E-state index is 9.31. The molecule has 0 saturated heterocycles. The van der Waals surface area contributed by atoms with Crippen molar-refractivity contribution in [1.82, 2.24) is 9.78 Å². The monoisotopic (exact) mass is 294 g/mol. The minimum Gasteiger partial charge on any atom is -0.392 e. The van der Waals surface area contributed by atoms with Crippen molar-refractivity contribution in [2.75, 3.05) is 0 Å². The number of nitrogens with zero attached hydrogens (tertiary/aromatic N) is 2. The Morgan fingerprint density at radius 1 is 1.29 bits per heavy atom. The molecule has 0 fully saturated rings. The molecule has 1 heterocycles. The van der Waals surface area contributed by atoms with E-state index in [2.05, 4.69) is 40.1 Å². The van der Waals surface area contributed by atoms with E-state index in [9.17, 15) is 5.11 Å². The first kappa shape index (κ1) is 12.3. The second-order valence-corrected chi connectivity index (χ2v) is 5.03. The number of aryl methyl sites for hydroxylation is 2. The molecule has 0 aliphatic rings. The smallest absolute Gasteiger partial charge is 0.0791 e. The number of rotatable bonds is 2. The molecule has 3 nitrogen and oxygen atoms in total. The molecule has 2 rings (SSSR count). The van der Waals surface area contributed by atoms with Crippen LogP contribution in [0.2, 0.25) is 0 Å². The molecule has 0 aliphatic carbocycles. The number of aliphatic hydroxyl groups excluding tert-OH is 1. The normalized spacial score (nSPS) is 10.9. The maximum Gasteiger partial charge on any atom is 0.0791 e. The Balaban J connectivity index is 2.61. The Morgan fingerprint density at radius 2 is 2.00 bits per heavy atom. The molecule has 1 N–H and O–H groups in total. The van der Waals surface area contributed by atoms with Gasteiger partial charge < -0.3 is 5.11 Å². The first-order chi connectivity index (χ1) is 8.04. The molecule has 90 valence electrons. The molecular formula is C13H15BrN2O. The topological polar surface area (TPSA) is 38.0 Å². The highest BCUT2D eigenvalue weighted by Gasteiger charge is 2.13. The molecular weight excluding hydrogens is 280 g/mol. The van der Waals surface area contributed by atoms with Gasteiger partial charge in [0, 0.05) is 15.7 Å². The first-order valence-corrected chi connectivity index (χ1v) is 6.26. The summed E-state index contributed by atoms with van der Waals surface area (Å²) < 4.78 is 2.87. The van der Waals surface area contributed by atoms with Crippen molar-refractivity contribution in [2.24, 2.45) is 0 Å². The summed E-state index contributed by atoms with van der Waals surface area (Å²) in [6, 6.07) is 6.14. The summed E-state index contributed by atoms with van der Waals surface area (Å²) in [5.74, 6) is 0. The Hall–Kier alpha value is -1.13. The van der Waals surface area contributed by atoms with Gasteiger partial charge in [-0.15, -0.1) is 0 Å². The zero-order chi connectivity index (χ0) is 12.6. The van der Waals surface area contributed by atoms with Gasteiger partial charge >= 0.3 is 0 Å². The minimum absolute atomic E-state index is 0.0289. The van der Waals surface area contributed by atoms with Gasteiger partial charge in [0.2, 0.25) is 0 Å². The summed E-state index contributed by atoms with van der Waals surface area (Å²) in [4.78, 5) is 0. The van der Waals surface area contributed by atoms with Gasteiger partial charge in [0.05, 0.1) is 18.0 Å². The van der Waals surface area contributed by atoms with Gasteiger partial charge in [-0.2, -0.15) is 5.10 Å². The average molecular weight is 295 g/mol. The van der Waals surface area contributed by atoms with Crippen molar-refractivity contribution >= 4 is 15.9 Å². The lowest BCUT2D eigenvalue weighted by molar-refractivity contribution is 0.280. The van der Waals surface area contributed by atoms with Crippen LogP contribution in [0.4, 0.5) is 0 Å². The van der Waals surface area contributed by atoms with Crippen LogP contribution < -0.4 is 0 Å². The van der Waals surface area contributed by atoms with Crippen LogP contribution >= 0.6 is 15.9 Å². The third-order valence-corrected chi connectivity index (χ3v) is 3.57. The van der Waals surface area contributed by atoms with Crippen LogP contribution in [-0.4, -0.2) is 14.9 Å². The number of aromatic nitrogens is 2. The molecule has 0 atom stereocenters. The quantitative estimate of drug-likeness (QED) is 0.924. The number of benzene rings is 1. The number of hydrogen-bond acceptors (Lipinski definition) is 2. The van der Waals surface area contributed by atoms with Crippen molar-refractivity contribution in [3.05, 3.63) is 45.2 Å². The van der Waals surface area contributed by atoms with Crippen LogP contribution in [0.15, 0.2) is 22.7 Å². The fourth-order valence-corrected chi connectivity index (χ4v) is 2.58. The van der Waals surface area contributed by atoms with E-state index < -0.39 is 0 Å². The van der Waals surface area contributed by atoms with Crippen molar-refractivity contribution in [3.8, 4) is 5.69 Å². The lowest BCUT2D eigenvalue weighted by Crippen LogP contribution is -2.01. The fraction of sp³-hybridized carbons (Fsp3) is 0.308. The molecule has 0 bridgehead atoms. The van der Waals surface area contributed by atoms with E-state index >= 15 is 0 Å². The summed E-state index contributed by atoms with van der Waals surface area (Å²) in [5, 5.41) is 13.8. The molecule has 0 amide bonds. The zero-order valence-electron chi connectivity index (χ0n) is 10.2. The lowest BCUT2D eigenvalue weighted by Gasteiger charge is -2.08. The summed E-state index contributed by atoms with van der Waals surface area (Å²) in [6.45, 7) is 5.96. The Kier molecular flexibility index (Phi) is 3.35. The number of aliphatic hydroxyl groups is 1.